The van der Waals surface area contributed by atoms with E-state index in [2.05, 4.69) is 4.98 Å². The Morgan fingerprint density at radius 1 is 1.00 bits per heavy atom. The minimum atomic E-state index is -0.895. The van der Waals surface area contributed by atoms with Gasteiger partial charge in [0.05, 0.1) is 0 Å². The number of nitrogens with two attached hydrogens (primary N) is 1. The van der Waals surface area contributed by atoms with Gasteiger partial charge in [0.15, 0.2) is 11.6 Å². The Morgan fingerprint density at radius 2 is 1.71 bits per heavy atom. The molecule has 1 aromatic heterocycles. The fraction of sp³-hybridized carbons (Fsp3) is 0.174. The zero-order chi connectivity index (χ0) is 21.6. The Hall–Kier alpha value is -4.07. The van der Waals surface area contributed by atoms with E-state index in [1.165, 1.54) is 4.90 Å². The molecule has 1 atom stereocenters. The molecule has 2 N–H and O–H groups in total. The molecule has 0 fully saturated rings. The second-order valence-electron chi connectivity index (χ2n) is 6.77. The number of rotatable bonds is 7. The topological polar surface area (TPSA) is 104 Å². The van der Waals surface area contributed by atoms with Crippen molar-refractivity contribution >= 4 is 23.5 Å². The number of amides is 1. The molecule has 0 saturated carbocycles. The summed E-state index contributed by atoms with van der Waals surface area (Å²) in [5, 5.41) is 0. The number of aromatic nitrogens is 1. The zero-order valence-corrected chi connectivity index (χ0v) is 16.6. The monoisotopic (exact) mass is 419 g/mol. The van der Waals surface area contributed by atoms with Gasteiger partial charge in [-0.1, -0.05) is 48.5 Å². The van der Waals surface area contributed by atoms with Gasteiger partial charge in [-0.05, 0) is 24.3 Å². The van der Waals surface area contributed by atoms with Gasteiger partial charge in [0.2, 0.25) is 6.10 Å². The minimum Gasteiger partial charge on any atom is -0.490 e. The predicted molar refractivity (Wildman–Crippen MR) is 114 cm³/mol. The van der Waals surface area contributed by atoms with Crippen molar-refractivity contribution in [2.24, 2.45) is 0 Å². The highest BCUT2D eigenvalue weighted by Gasteiger charge is 2.38. The first-order chi connectivity index (χ1) is 15.1. The van der Waals surface area contributed by atoms with Crippen LogP contribution in [0.15, 0.2) is 72.8 Å². The summed E-state index contributed by atoms with van der Waals surface area (Å²) in [6.07, 6.45) is -0.895. The number of fused-ring (bicyclic) bond motifs is 1. The Labute approximate surface area is 179 Å². The number of nitrogen functional groups attached to an aromatic ring is 1. The molecule has 8 nitrogen and oxygen atoms in total. The van der Waals surface area contributed by atoms with Crippen LogP contribution in [-0.2, 0) is 14.3 Å². The van der Waals surface area contributed by atoms with Crippen LogP contribution in [0, 0.1) is 0 Å². The smallest absolute Gasteiger partial charge is 0.326 e. The molecule has 2 aromatic carbocycles. The maximum Gasteiger partial charge on any atom is 0.326 e. The van der Waals surface area contributed by atoms with Crippen molar-refractivity contribution in [2.45, 2.75) is 6.10 Å². The molecule has 1 unspecified atom stereocenters. The van der Waals surface area contributed by atoms with Crippen LogP contribution in [0.3, 0.4) is 0 Å². The number of anilines is 2. The van der Waals surface area contributed by atoms with Crippen LogP contribution < -0.4 is 20.1 Å². The van der Waals surface area contributed by atoms with Crippen molar-refractivity contribution in [1.29, 1.82) is 0 Å². The molecular weight excluding hydrogens is 398 g/mol. The fourth-order valence-corrected chi connectivity index (χ4v) is 3.16. The molecule has 1 aliphatic heterocycles. The summed E-state index contributed by atoms with van der Waals surface area (Å²) >= 11 is 0. The molecule has 0 bridgehead atoms. The van der Waals surface area contributed by atoms with Gasteiger partial charge in [-0.25, -0.2) is 4.98 Å². The number of carbonyl (C=O) groups is 2. The predicted octanol–water partition coefficient (Wildman–Crippen LogP) is 2.75. The number of pyridine rings is 1. The lowest BCUT2D eigenvalue weighted by molar-refractivity contribution is -0.144. The van der Waals surface area contributed by atoms with E-state index in [4.69, 9.17) is 19.9 Å². The maximum atomic E-state index is 13.1. The van der Waals surface area contributed by atoms with Crippen LogP contribution in [0.1, 0.15) is 11.7 Å². The number of ether oxygens (including phenoxy) is 3. The fourth-order valence-electron chi connectivity index (χ4n) is 3.16. The van der Waals surface area contributed by atoms with Crippen molar-refractivity contribution < 1.29 is 23.8 Å². The van der Waals surface area contributed by atoms with E-state index >= 15 is 0 Å². The van der Waals surface area contributed by atoms with Gasteiger partial charge in [0.1, 0.15) is 31.3 Å². The number of esters is 1. The molecule has 1 amide bonds. The summed E-state index contributed by atoms with van der Waals surface area (Å²) in [6.45, 7) is -0.0763. The van der Waals surface area contributed by atoms with Gasteiger partial charge in [-0.2, -0.15) is 0 Å². The molecule has 2 heterocycles. The lowest BCUT2D eigenvalue weighted by Gasteiger charge is -2.33. The summed E-state index contributed by atoms with van der Waals surface area (Å²) in [5.74, 6) is 0.435. The molecule has 0 radical (unpaired) electrons. The van der Waals surface area contributed by atoms with E-state index in [0.717, 1.165) is 0 Å². The third kappa shape index (κ3) is 4.75. The lowest BCUT2D eigenvalue weighted by atomic mass is 10.1. The number of carbonyl (C=O) groups excluding carboxylic acids is 2. The zero-order valence-electron chi connectivity index (χ0n) is 16.6. The first kappa shape index (κ1) is 20.2. The van der Waals surface area contributed by atoms with E-state index in [9.17, 15) is 9.59 Å². The van der Waals surface area contributed by atoms with Gasteiger partial charge in [0.25, 0.3) is 5.91 Å². The summed E-state index contributed by atoms with van der Waals surface area (Å²) in [5.41, 5.74) is 6.45. The molecule has 1 aliphatic rings. The Bertz CT molecular complexity index is 1060. The van der Waals surface area contributed by atoms with Crippen molar-refractivity contribution in [3.05, 3.63) is 78.4 Å². The standard InChI is InChI=1S/C23H21N3O5/c24-19-12-11-18-22(25-19)26(23(28)21(31-18)16-7-3-1-4-8-16)15-20(27)30-14-13-29-17-9-5-2-6-10-17/h1-12,21H,13-15H2,(H2,24,25). The molecule has 3 aromatic rings. The van der Waals surface area contributed by atoms with Crippen LogP contribution in [0.5, 0.6) is 11.5 Å². The maximum absolute atomic E-state index is 13.1. The van der Waals surface area contributed by atoms with Gasteiger partial charge in [-0.3, -0.25) is 14.5 Å². The number of para-hydroxylation sites is 1. The second kappa shape index (κ2) is 9.17. The van der Waals surface area contributed by atoms with E-state index in [-0.39, 0.29) is 31.4 Å². The van der Waals surface area contributed by atoms with Crippen LogP contribution in [-0.4, -0.2) is 36.6 Å². The third-order valence-electron chi connectivity index (χ3n) is 4.60. The minimum absolute atomic E-state index is 0.0472. The SMILES string of the molecule is Nc1ccc2c(n1)N(CC(=O)OCCOc1ccccc1)C(=O)C(c1ccccc1)O2. The van der Waals surface area contributed by atoms with Crippen LogP contribution >= 0.6 is 0 Å². The van der Waals surface area contributed by atoms with Crippen LogP contribution in [0.4, 0.5) is 11.6 Å². The van der Waals surface area contributed by atoms with E-state index < -0.39 is 18.0 Å². The van der Waals surface area contributed by atoms with Crippen molar-refractivity contribution in [2.75, 3.05) is 30.4 Å². The number of hydrogen-bond acceptors (Lipinski definition) is 7. The first-order valence-electron chi connectivity index (χ1n) is 9.75. The molecule has 0 saturated heterocycles. The van der Waals surface area contributed by atoms with Gasteiger partial charge in [-0.15, -0.1) is 0 Å². The molecule has 0 spiro atoms. The van der Waals surface area contributed by atoms with Crippen molar-refractivity contribution in [1.82, 2.24) is 4.98 Å². The van der Waals surface area contributed by atoms with Crippen molar-refractivity contribution in [3.63, 3.8) is 0 Å². The summed E-state index contributed by atoms with van der Waals surface area (Å²) in [4.78, 5) is 31.0. The highest BCUT2D eigenvalue weighted by Crippen LogP contribution is 2.37. The largest absolute Gasteiger partial charge is 0.490 e. The van der Waals surface area contributed by atoms with E-state index in [0.29, 0.717) is 17.1 Å². The molecule has 8 heteroatoms. The molecule has 4 rings (SSSR count). The molecule has 31 heavy (non-hydrogen) atoms. The van der Waals surface area contributed by atoms with Gasteiger partial charge >= 0.3 is 5.97 Å². The van der Waals surface area contributed by atoms with Gasteiger partial charge in [0, 0.05) is 5.56 Å². The highest BCUT2D eigenvalue weighted by atomic mass is 16.6. The number of benzene rings is 2. The average Bonchev–Trinajstić information content (AvgIpc) is 2.80. The summed E-state index contributed by atoms with van der Waals surface area (Å²) in [6, 6.07) is 21.5. The normalized spacial score (nSPS) is 15.0. The number of nitrogens with zero attached hydrogens (tertiary/aromatic N) is 2. The second-order valence-corrected chi connectivity index (χ2v) is 6.77. The Balaban J connectivity index is 1.44. The Kier molecular flexibility index (Phi) is 5.98. The summed E-state index contributed by atoms with van der Waals surface area (Å²) < 4.78 is 16.6. The quantitative estimate of drug-likeness (QED) is 0.464. The van der Waals surface area contributed by atoms with E-state index in [1.54, 1.807) is 24.3 Å². The lowest BCUT2D eigenvalue weighted by Crippen LogP contribution is -2.45. The van der Waals surface area contributed by atoms with Gasteiger partial charge < -0.3 is 19.9 Å². The number of hydrogen-bond donors (Lipinski definition) is 1. The molecule has 158 valence electrons. The van der Waals surface area contributed by atoms with Crippen molar-refractivity contribution in [3.8, 4) is 11.5 Å². The van der Waals surface area contributed by atoms with Crippen LogP contribution in [0.2, 0.25) is 0 Å². The Morgan fingerprint density at radius 3 is 2.45 bits per heavy atom. The summed E-state index contributed by atoms with van der Waals surface area (Å²) in [7, 11) is 0. The highest BCUT2D eigenvalue weighted by molar-refractivity contribution is 6.02. The molecular formula is C23H21N3O5. The van der Waals surface area contributed by atoms with E-state index in [1.807, 2.05) is 48.5 Å². The third-order valence-corrected chi connectivity index (χ3v) is 4.60. The van der Waals surface area contributed by atoms with Crippen LogP contribution in [0.25, 0.3) is 0 Å². The molecule has 0 aliphatic carbocycles. The average molecular weight is 419 g/mol. The first-order valence-corrected chi connectivity index (χ1v) is 9.75.